The first kappa shape index (κ1) is 14.5. The van der Waals surface area contributed by atoms with Crippen molar-refractivity contribution in [3.8, 4) is 0 Å². The lowest BCUT2D eigenvalue weighted by atomic mass is 9.87. The second kappa shape index (κ2) is 5.84. The molecule has 0 spiro atoms. The molecule has 1 fully saturated rings. The summed E-state index contributed by atoms with van der Waals surface area (Å²) in [6, 6.07) is 0. The van der Waals surface area contributed by atoms with Gasteiger partial charge in [-0.15, -0.1) is 0 Å². The highest BCUT2D eigenvalue weighted by Gasteiger charge is 2.44. The lowest BCUT2D eigenvalue weighted by Crippen LogP contribution is -2.45. The predicted molar refractivity (Wildman–Crippen MR) is 62.6 cm³/mol. The maximum Gasteiger partial charge on any atom is 0.307 e. The van der Waals surface area contributed by atoms with Gasteiger partial charge in [-0.05, 0) is 12.8 Å². The van der Waals surface area contributed by atoms with E-state index < -0.39 is 5.54 Å². The van der Waals surface area contributed by atoms with Gasteiger partial charge in [-0.2, -0.15) is 0 Å². The van der Waals surface area contributed by atoms with Crippen molar-refractivity contribution in [3.63, 3.8) is 0 Å². The Labute approximate surface area is 106 Å². The number of ether oxygens (including phenoxy) is 2. The van der Waals surface area contributed by atoms with Crippen LogP contribution in [0.4, 0.5) is 0 Å². The Balaban J connectivity index is 2.78. The van der Waals surface area contributed by atoms with Crippen molar-refractivity contribution in [2.24, 2.45) is 0 Å². The van der Waals surface area contributed by atoms with Gasteiger partial charge in [-0.1, -0.05) is 0 Å². The number of nitrogens with zero attached hydrogens (tertiary/aromatic N) is 1. The molecule has 1 unspecified atom stereocenters. The molecule has 1 heterocycles. The minimum atomic E-state index is -0.613. The van der Waals surface area contributed by atoms with Gasteiger partial charge in [-0.25, -0.2) is 0 Å². The first-order valence-corrected chi connectivity index (χ1v) is 5.85. The topological polar surface area (TPSA) is 72.9 Å². The number of methoxy groups -OCH3 is 2. The number of carbonyl (C=O) groups excluding carboxylic acids is 3. The third-order valence-electron chi connectivity index (χ3n) is 3.61. The number of hydrogen-bond donors (Lipinski definition) is 0. The summed E-state index contributed by atoms with van der Waals surface area (Å²) in [5, 5.41) is 0. The van der Waals surface area contributed by atoms with Gasteiger partial charge in [-0.3, -0.25) is 14.4 Å². The summed E-state index contributed by atoms with van der Waals surface area (Å²) in [6.45, 7) is 0. The Morgan fingerprint density at radius 3 is 2.33 bits per heavy atom. The fourth-order valence-corrected chi connectivity index (χ4v) is 2.31. The summed E-state index contributed by atoms with van der Waals surface area (Å²) in [4.78, 5) is 35.9. The molecule has 1 saturated heterocycles. The monoisotopic (exact) mass is 257 g/mol. The summed E-state index contributed by atoms with van der Waals surface area (Å²) < 4.78 is 9.25. The average molecular weight is 257 g/mol. The first-order chi connectivity index (χ1) is 8.45. The van der Waals surface area contributed by atoms with Crippen LogP contribution < -0.4 is 0 Å². The molecule has 0 N–H and O–H groups in total. The van der Waals surface area contributed by atoms with E-state index in [4.69, 9.17) is 0 Å². The van der Waals surface area contributed by atoms with E-state index in [1.54, 1.807) is 11.9 Å². The maximum atomic E-state index is 11.6. The third kappa shape index (κ3) is 3.00. The highest BCUT2D eigenvalue weighted by molar-refractivity contribution is 5.82. The van der Waals surface area contributed by atoms with E-state index in [1.165, 1.54) is 14.2 Å². The van der Waals surface area contributed by atoms with Gasteiger partial charge < -0.3 is 14.4 Å². The third-order valence-corrected chi connectivity index (χ3v) is 3.61. The van der Waals surface area contributed by atoms with E-state index >= 15 is 0 Å². The molecular formula is C12H19NO5. The molecule has 0 aromatic carbocycles. The maximum absolute atomic E-state index is 11.6. The molecule has 1 aliphatic rings. The summed E-state index contributed by atoms with van der Waals surface area (Å²) in [5.74, 6) is -0.725. The minimum Gasteiger partial charge on any atom is -0.469 e. The van der Waals surface area contributed by atoms with Crippen molar-refractivity contribution >= 4 is 17.8 Å². The zero-order valence-corrected chi connectivity index (χ0v) is 11.0. The van der Waals surface area contributed by atoms with Gasteiger partial charge in [0.05, 0.1) is 26.2 Å². The van der Waals surface area contributed by atoms with Gasteiger partial charge >= 0.3 is 11.9 Å². The van der Waals surface area contributed by atoms with Crippen LogP contribution in [-0.2, 0) is 23.9 Å². The van der Waals surface area contributed by atoms with Crippen LogP contribution >= 0.6 is 0 Å². The van der Waals surface area contributed by atoms with Crippen molar-refractivity contribution in [3.05, 3.63) is 0 Å². The lowest BCUT2D eigenvalue weighted by Gasteiger charge is -2.35. The Bertz CT molecular complexity index is 354. The highest BCUT2D eigenvalue weighted by atomic mass is 16.5. The lowest BCUT2D eigenvalue weighted by molar-refractivity contribution is -0.147. The molecule has 1 amide bonds. The van der Waals surface area contributed by atoms with Crippen LogP contribution in [0.15, 0.2) is 0 Å². The molecule has 0 saturated carbocycles. The van der Waals surface area contributed by atoms with E-state index in [0.717, 1.165) is 0 Å². The molecule has 102 valence electrons. The minimum absolute atomic E-state index is 0.0104. The first-order valence-electron chi connectivity index (χ1n) is 5.85. The Morgan fingerprint density at radius 1 is 1.28 bits per heavy atom. The fourth-order valence-electron chi connectivity index (χ4n) is 2.31. The van der Waals surface area contributed by atoms with Crippen molar-refractivity contribution in [1.82, 2.24) is 4.90 Å². The summed E-state index contributed by atoms with van der Waals surface area (Å²) in [6.07, 6.45) is 1.67. The highest BCUT2D eigenvalue weighted by Crippen LogP contribution is 2.36. The zero-order chi connectivity index (χ0) is 13.8. The Morgan fingerprint density at radius 2 is 1.89 bits per heavy atom. The van der Waals surface area contributed by atoms with E-state index in [0.29, 0.717) is 19.3 Å². The zero-order valence-electron chi connectivity index (χ0n) is 11.0. The molecule has 0 bridgehead atoms. The van der Waals surface area contributed by atoms with Crippen LogP contribution in [0, 0.1) is 0 Å². The summed E-state index contributed by atoms with van der Waals surface area (Å²) >= 11 is 0. The van der Waals surface area contributed by atoms with Crippen LogP contribution in [0.25, 0.3) is 0 Å². The van der Waals surface area contributed by atoms with E-state index in [2.05, 4.69) is 9.47 Å². The van der Waals surface area contributed by atoms with Crippen LogP contribution in [0.2, 0.25) is 0 Å². The normalized spacial score (nSPS) is 23.1. The summed E-state index contributed by atoms with van der Waals surface area (Å²) in [7, 11) is 4.29. The molecule has 0 radical (unpaired) electrons. The van der Waals surface area contributed by atoms with Crippen molar-refractivity contribution in [1.29, 1.82) is 0 Å². The second-order valence-corrected chi connectivity index (χ2v) is 4.51. The van der Waals surface area contributed by atoms with Gasteiger partial charge in [0.25, 0.3) is 0 Å². The fraction of sp³-hybridized carbons (Fsp3) is 0.750. The van der Waals surface area contributed by atoms with Gasteiger partial charge in [0.1, 0.15) is 0 Å². The number of likely N-dealkylation sites (tertiary alicyclic amines) is 1. The van der Waals surface area contributed by atoms with Gasteiger partial charge in [0, 0.05) is 19.9 Å². The Hall–Kier alpha value is -1.59. The predicted octanol–water partition coefficient (Wildman–Crippen LogP) is 0.494. The molecule has 1 rings (SSSR count). The SMILES string of the molecule is COC(=O)CCC1(CC(=O)OC)CCC(=O)N1C. The molecule has 1 atom stereocenters. The number of esters is 2. The molecular weight excluding hydrogens is 238 g/mol. The number of carbonyl (C=O) groups is 3. The second-order valence-electron chi connectivity index (χ2n) is 4.51. The van der Waals surface area contributed by atoms with E-state index in [9.17, 15) is 14.4 Å². The molecule has 0 aromatic rings. The quantitative estimate of drug-likeness (QED) is 0.670. The Kier molecular flexibility index (Phi) is 4.69. The van der Waals surface area contributed by atoms with Gasteiger partial charge in [0.2, 0.25) is 5.91 Å². The summed E-state index contributed by atoms with van der Waals surface area (Å²) in [5.41, 5.74) is -0.613. The van der Waals surface area contributed by atoms with Crippen LogP contribution in [0.3, 0.4) is 0 Å². The molecule has 0 aliphatic carbocycles. The van der Waals surface area contributed by atoms with E-state index in [-0.39, 0.29) is 30.7 Å². The van der Waals surface area contributed by atoms with Crippen molar-refractivity contribution < 1.29 is 23.9 Å². The van der Waals surface area contributed by atoms with Crippen molar-refractivity contribution in [2.45, 2.75) is 37.6 Å². The smallest absolute Gasteiger partial charge is 0.307 e. The molecule has 0 aromatic heterocycles. The molecule has 6 nitrogen and oxygen atoms in total. The number of amides is 1. The van der Waals surface area contributed by atoms with Crippen LogP contribution in [-0.4, -0.2) is 49.6 Å². The largest absolute Gasteiger partial charge is 0.469 e. The standard InChI is InChI=1S/C12H19NO5/c1-13-9(14)4-6-12(13,8-11(16)18-3)7-5-10(15)17-2/h4-8H2,1-3H3. The van der Waals surface area contributed by atoms with Crippen molar-refractivity contribution in [2.75, 3.05) is 21.3 Å². The van der Waals surface area contributed by atoms with E-state index in [1.807, 2.05) is 0 Å². The molecule has 18 heavy (non-hydrogen) atoms. The number of hydrogen-bond acceptors (Lipinski definition) is 5. The van der Waals surface area contributed by atoms with Crippen LogP contribution in [0.5, 0.6) is 0 Å². The van der Waals surface area contributed by atoms with Crippen LogP contribution in [0.1, 0.15) is 32.1 Å². The number of rotatable bonds is 5. The molecule has 6 heteroatoms. The molecule has 1 aliphatic heterocycles. The van der Waals surface area contributed by atoms with Gasteiger partial charge in [0.15, 0.2) is 0 Å². The average Bonchev–Trinajstić information content (AvgIpc) is 2.65.